The Morgan fingerprint density at radius 2 is 1.87 bits per heavy atom. The van der Waals surface area contributed by atoms with E-state index in [9.17, 15) is 24.6 Å². The predicted octanol–water partition coefficient (Wildman–Crippen LogP) is 3.03. The minimum atomic E-state index is -1.26. The van der Waals surface area contributed by atoms with Gasteiger partial charge in [-0.15, -0.1) is 0 Å². The van der Waals surface area contributed by atoms with E-state index < -0.39 is 24.2 Å². The molecule has 12 heteroatoms. The van der Waals surface area contributed by atoms with Gasteiger partial charge in [0.15, 0.2) is 23.0 Å². The molecule has 3 N–H and O–H groups in total. The lowest BCUT2D eigenvalue weighted by atomic mass is 9.87. The molecule has 0 saturated carbocycles. The molecule has 3 aromatic rings. The first-order chi connectivity index (χ1) is 21.8. The van der Waals surface area contributed by atoms with Gasteiger partial charge in [-0.05, 0) is 64.1 Å². The lowest BCUT2D eigenvalue weighted by Gasteiger charge is -2.41. The highest BCUT2D eigenvalue weighted by Crippen LogP contribution is 2.38. The van der Waals surface area contributed by atoms with Crippen molar-refractivity contribution in [1.82, 2.24) is 10.2 Å². The van der Waals surface area contributed by atoms with Crippen LogP contribution in [-0.4, -0.2) is 78.5 Å². The monoisotopic (exact) mass is 728 g/mol. The number of benzene rings is 3. The first-order valence-corrected chi connectivity index (χ1v) is 15.4. The molecule has 1 aliphatic carbocycles. The second-order valence-electron chi connectivity index (χ2n) is 10.5. The molecule has 5 rings (SSSR count). The first-order valence-electron chi connectivity index (χ1n) is 14.3. The molecule has 0 spiro atoms. The lowest BCUT2D eigenvalue weighted by Crippen LogP contribution is -2.55. The van der Waals surface area contributed by atoms with Gasteiger partial charge in [-0.1, -0.05) is 36.4 Å². The highest BCUT2D eigenvalue weighted by atomic mass is 127. The second kappa shape index (κ2) is 14.8. The maximum absolute atomic E-state index is 14.0. The number of hydrogen-bond acceptors (Lipinski definition) is 9. The van der Waals surface area contributed by atoms with Gasteiger partial charge in [-0.2, -0.15) is 0 Å². The summed E-state index contributed by atoms with van der Waals surface area (Å²) in [6.07, 6.45) is -0.0322. The van der Waals surface area contributed by atoms with Crippen LogP contribution in [0.15, 0.2) is 72.3 Å². The Balaban J connectivity index is 1.52. The quantitative estimate of drug-likeness (QED) is 0.190. The van der Waals surface area contributed by atoms with Gasteiger partial charge >= 0.3 is 0 Å². The van der Waals surface area contributed by atoms with E-state index in [0.29, 0.717) is 26.9 Å². The number of methoxy groups -OCH3 is 1. The predicted molar refractivity (Wildman–Crippen MR) is 171 cm³/mol. The Labute approximate surface area is 273 Å². The van der Waals surface area contributed by atoms with Crippen molar-refractivity contribution in [3.8, 4) is 23.0 Å². The Morgan fingerprint density at radius 1 is 1.09 bits per heavy atom. The third kappa shape index (κ3) is 7.57. The Hall–Kier alpha value is -4.14. The van der Waals surface area contributed by atoms with Gasteiger partial charge in [0.05, 0.1) is 29.7 Å². The first kappa shape index (κ1) is 32.3. The highest BCUT2D eigenvalue weighted by Gasteiger charge is 2.41. The number of carbonyl (C=O) groups is 3. The lowest BCUT2D eigenvalue weighted by molar-refractivity contribution is -0.138. The topological polar surface area (TPSA) is 144 Å². The van der Waals surface area contributed by atoms with Gasteiger partial charge < -0.3 is 39.4 Å². The van der Waals surface area contributed by atoms with Crippen LogP contribution in [0, 0.1) is 3.57 Å². The van der Waals surface area contributed by atoms with E-state index >= 15 is 0 Å². The van der Waals surface area contributed by atoms with Crippen LogP contribution in [0.3, 0.4) is 0 Å². The van der Waals surface area contributed by atoms with E-state index in [-0.39, 0.29) is 62.3 Å². The highest BCUT2D eigenvalue weighted by molar-refractivity contribution is 14.1. The van der Waals surface area contributed by atoms with Gasteiger partial charge in [0.2, 0.25) is 18.6 Å². The molecule has 0 saturated heterocycles. The number of nitrogens with one attached hydrogen (secondary N) is 1. The van der Waals surface area contributed by atoms with Crippen molar-refractivity contribution in [2.24, 2.45) is 0 Å². The molecule has 0 bridgehead atoms. The van der Waals surface area contributed by atoms with Crippen LogP contribution in [0.5, 0.6) is 23.0 Å². The summed E-state index contributed by atoms with van der Waals surface area (Å²) in [7, 11) is 1.44. The van der Waals surface area contributed by atoms with E-state index in [1.54, 1.807) is 23.1 Å². The fourth-order valence-corrected chi connectivity index (χ4v) is 6.09. The van der Waals surface area contributed by atoms with Gasteiger partial charge in [0.1, 0.15) is 18.5 Å². The van der Waals surface area contributed by atoms with Gasteiger partial charge in [0, 0.05) is 30.6 Å². The van der Waals surface area contributed by atoms with Crippen molar-refractivity contribution in [2.45, 2.75) is 37.6 Å². The zero-order valence-corrected chi connectivity index (χ0v) is 26.6. The summed E-state index contributed by atoms with van der Waals surface area (Å²) in [4.78, 5) is 40.3. The zero-order chi connectivity index (χ0) is 31.9. The third-order valence-electron chi connectivity index (χ3n) is 7.56. The molecule has 3 aromatic carbocycles. The molecule has 236 valence electrons. The molecule has 1 heterocycles. The summed E-state index contributed by atoms with van der Waals surface area (Å²) < 4.78 is 23.3. The van der Waals surface area contributed by atoms with E-state index in [0.717, 1.165) is 11.1 Å². The Kier molecular flexibility index (Phi) is 10.6. The number of hydrogen-bond donors (Lipinski definition) is 3. The van der Waals surface area contributed by atoms with Crippen LogP contribution >= 0.6 is 22.6 Å². The van der Waals surface area contributed by atoms with E-state index in [1.165, 1.54) is 19.3 Å². The number of fused-ring (bicyclic) bond motifs is 1. The smallest absolute Gasteiger partial charge is 0.247 e. The van der Waals surface area contributed by atoms with E-state index in [4.69, 9.17) is 18.9 Å². The van der Waals surface area contributed by atoms with Crippen LogP contribution < -0.4 is 24.3 Å². The number of aliphatic hydroxyl groups excluding tert-OH is 2. The van der Waals surface area contributed by atoms with Crippen LogP contribution in [-0.2, 0) is 22.6 Å². The van der Waals surface area contributed by atoms with Gasteiger partial charge in [0.25, 0.3) is 0 Å². The maximum atomic E-state index is 14.0. The third-order valence-corrected chi connectivity index (χ3v) is 8.37. The summed E-state index contributed by atoms with van der Waals surface area (Å²) in [5.41, 5.74) is 2.20. The molecule has 0 aromatic heterocycles. The SMILES string of the molecule is COc1cc(C=O)cc(I)c1O[C@H]1C=C(C(=O)NCCO)C[C@@H](N(Cc2ccc3c(c2)OCO3)C(=O)Cc2ccccc2)[C@@H]1O. The van der Waals surface area contributed by atoms with Crippen molar-refractivity contribution in [3.05, 3.63) is 92.6 Å². The number of carbonyl (C=O) groups excluding carboxylic acids is 3. The number of aliphatic hydroxyl groups is 2. The standard InChI is InChI=1S/C33H33IN2O9/c1-42-29-13-22(18-38)11-24(34)32(29)45-28-16-23(33(41)35-9-10-37)15-25(31(28)40)36(30(39)14-20-5-3-2-4-6-20)17-21-7-8-26-27(12-21)44-19-43-26/h2-8,11-13,16,18,25,28,31,37,40H,9-10,14-15,17,19H2,1H3,(H,35,41)/t25-,28+,31+/m1/s1. The molecule has 11 nitrogen and oxygen atoms in total. The van der Waals surface area contributed by atoms with E-state index in [2.05, 4.69) is 5.32 Å². The molecule has 45 heavy (non-hydrogen) atoms. The van der Waals surface area contributed by atoms with Crippen molar-refractivity contribution < 1.29 is 43.5 Å². The zero-order valence-electron chi connectivity index (χ0n) is 24.5. The average Bonchev–Trinajstić information content (AvgIpc) is 3.52. The molecular formula is C33H33IN2O9. The molecule has 0 radical (unpaired) electrons. The van der Waals surface area contributed by atoms with Crippen LogP contribution in [0.25, 0.3) is 0 Å². The molecule has 2 amide bonds. The van der Waals surface area contributed by atoms with E-state index in [1.807, 2.05) is 59.0 Å². The molecular weight excluding hydrogens is 695 g/mol. The summed E-state index contributed by atoms with van der Waals surface area (Å²) >= 11 is 2.01. The number of nitrogens with zero attached hydrogens (tertiary/aromatic N) is 1. The van der Waals surface area contributed by atoms with Crippen molar-refractivity contribution in [3.63, 3.8) is 0 Å². The van der Waals surface area contributed by atoms with Crippen LogP contribution in [0.4, 0.5) is 0 Å². The number of aldehydes is 1. The molecule has 1 aliphatic heterocycles. The van der Waals surface area contributed by atoms with Gasteiger partial charge in [-0.25, -0.2) is 0 Å². The average molecular weight is 729 g/mol. The molecule has 0 fully saturated rings. The maximum Gasteiger partial charge on any atom is 0.247 e. The Bertz CT molecular complexity index is 1580. The number of amides is 2. The minimum absolute atomic E-state index is 0.0294. The number of halogens is 1. The minimum Gasteiger partial charge on any atom is -0.493 e. The number of ether oxygens (including phenoxy) is 4. The Morgan fingerprint density at radius 3 is 2.60 bits per heavy atom. The van der Waals surface area contributed by atoms with Gasteiger partial charge in [-0.3, -0.25) is 14.4 Å². The van der Waals surface area contributed by atoms with Crippen LogP contribution in [0.2, 0.25) is 0 Å². The normalized spacial score (nSPS) is 18.5. The molecule has 3 atom stereocenters. The fourth-order valence-electron chi connectivity index (χ4n) is 5.34. The largest absolute Gasteiger partial charge is 0.493 e. The van der Waals surface area contributed by atoms with Crippen molar-refractivity contribution in [2.75, 3.05) is 27.1 Å². The summed E-state index contributed by atoms with van der Waals surface area (Å²) in [6.45, 7) is -0.0168. The fraction of sp³-hybridized carbons (Fsp3) is 0.303. The summed E-state index contributed by atoms with van der Waals surface area (Å²) in [5.74, 6) is 0.986. The van der Waals surface area contributed by atoms with Crippen LogP contribution in [0.1, 0.15) is 27.9 Å². The number of rotatable bonds is 12. The summed E-state index contributed by atoms with van der Waals surface area (Å²) in [6, 6.07) is 16.9. The molecule has 2 aliphatic rings. The second-order valence-corrected chi connectivity index (χ2v) is 11.7. The molecule has 0 unspecified atom stereocenters. The van der Waals surface area contributed by atoms with Crippen molar-refractivity contribution >= 4 is 40.7 Å². The van der Waals surface area contributed by atoms with Crippen molar-refractivity contribution in [1.29, 1.82) is 0 Å². The summed E-state index contributed by atoms with van der Waals surface area (Å²) in [5, 5.41) is 23.8.